The monoisotopic (exact) mass is 785 g/mol. The second-order valence-corrected chi connectivity index (χ2v) is 31.3. The van der Waals surface area contributed by atoms with Crippen LogP contribution < -0.4 is 5.11 Å². The van der Waals surface area contributed by atoms with E-state index in [-0.39, 0.29) is 6.61 Å². The SMILES string of the molecule is CC[O-].CN(C)P(=N[P+](N=P(N(C)C)(N(C)C)N(C)C)(N=P(N(C)C)(N(C)C)N(C)C)N=P(N(C)C)(N(C)C)N(C)C)(N(C)C)N(C)C. The van der Waals surface area contributed by atoms with E-state index in [0.717, 1.165) is 0 Å². The van der Waals surface area contributed by atoms with E-state index in [1.807, 2.05) is 0 Å². The minimum atomic E-state index is -3.43. The minimum absolute atomic E-state index is 0. The van der Waals surface area contributed by atoms with Gasteiger partial charge in [-0.15, -0.1) is 6.61 Å². The Morgan fingerprint density at radius 3 is 0.458 bits per heavy atom. The lowest BCUT2D eigenvalue weighted by Gasteiger charge is -2.44. The van der Waals surface area contributed by atoms with Crippen molar-refractivity contribution in [3.8, 4) is 0 Å². The van der Waals surface area contributed by atoms with E-state index < -0.39 is 37.9 Å². The van der Waals surface area contributed by atoms with E-state index in [2.05, 4.69) is 225 Å². The molecule has 0 spiro atoms. The third kappa shape index (κ3) is 10.5. The van der Waals surface area contributed by atoms with Crippen LogP contribution in [0.3, 0.4) is 0 Å². The Hall–Kier alpha value is 0.830. The highest BCUT2D eigenvalue weighted by Gasteiger charge is 2.56. The molecule has 0 atom stereocenters. The molecule has 22 heteroatoms. The van der Waals surface area contributed by atoms with Gasteiger partial charge in [0, 0.05) is 0 Å². The molecule has 292 valence electrons. The van der Waals surface area contributed by atoms with Gasteiger partial charge in [0.1, 0.15) is 0 Å². The van der Waals surface area contributed by atoms with E-state index in [1.165, 1.54) is 0 Å². The quantitative estimate of drug-likeness (QED) is 0.204. The maximum Gasteiger partial charge on any atom is 0.502 e. The molecule has 0 radical (unpaired) electrons. The van der Waals surface area contributed by atoms with Gasteiger partial charge in [0.25, 0.3) is 0 Å². The van der Waals surface area contributed by atoms with E-state index in [9.17, 15) is 0 Å². The second-order valence-electron chi connectivity index (χ2n) is 13.5. The number of nitrogens with zero attached hydrogens (tertiary/aromatic N) is 16. The lowest BCUT2D eigenvalue weighted by atomic mass is 10.9. The predicted molar refractivity (Wildman–Crippen MR) is 219 cm³/mol. The molecule has 0 aliphatic heterocycles. The molecule has 0 bridgehead atoms. The Kier molecular flexibility index (Phi) is 21.6. The summed E-state index contributed by atoms with van der Waals surface area (Å²) < 4.78 is 51.2. The summed E-state index contributed by atoms with van der Waals surface area (Å²) in [5.74, 6) is 0. The molecule has 17 nitrogen and oxygen atoms in total. The smallest absolute Gasteiger partial charge is 0.502 e. The van der Waals surface area contributed by atoms with Crippen molar-refractivity contribution in [3.63, 3.8) is 0 Å². The maximum atomic E-state index is 8.93. The summed E-state index contributed by atoms with van der Waals surface area (Å²) in [6, 6.07) is 0. The van der Waals surface area contributed by atoms with Crippen LogP contribution in [-0.4, -0.2) is 232 Å². The Morgan fingerprint density at radius 1 is 0.312 bits per heavy atom. The molecule has 0 fully saturated rings. The highest BCUT2D eigenvalue weighted by atomic mass is 31.3. The van der Waals surface area contributed by atoms with Gasteiger partial charge in [-0.2, -0.15) is 0 Å². The van der Waals surface area contributed by atoms with Crippen LogP contribution in [0.2, 0.25) is 0 Å². The fourth-order valence-corrected chi connectivity index (χ4v) is 30.2. The Labute approximate surface area is 299 Å². The van der Waals surface area contributed by atoms with Gasteiger partial charge < -0.3 is 5.11 Å². The molecule has 0 rings (SSSR count). The molecule has 0 aromatic carbocycles. The van der Waals surface area contributed by atoms with Crippen molar-refractivity contribution < 1.29 is 5.11 Å². The van der Waals surface area contributed by atoms with Crippen LogP contribution in [0.5, 0.6) is 0 Å². The first kappa shape index (κ1) is 50.9. The fraction of sp³-hybridized carbons (Fsp3) is 1.00. The fourth-order valence-electron chi connectivity index (χ4n) is 6.00. The lowest BCUT2D eigenvalue weighted by Crippen LogP contribution is -2.33. The van der Waals surface area contributed by atoms with E-state index in [0.29, 0.717) is 0 Å². The van der Waals surface area contributed by atoms with Crippen LogP contribution in [-0.2, 0) is 0 Å². The molecule has 0 aliphatic carbocycles. The molecule has 0 aliphatic rings. The maximum absolute atomic E-state index is 8.93. The highest BCUT2D eigenvalue weighted by Crippen LogP contribution is 2.86. The van der Waals surface area contributed by atoms with E-state index in [4.69, 9.17) is 23.2 Å². The number of hydrogen-bond acceptors (Lipinski definition) is 5. The average Bonchev–Trinajstić information content (AvgIpc) is 2.90. The molecule has 0 aromatic heterocycles. The Morgan fingerprint density at radius 2 is 0.396 bits per heavy atom. The Bertz CT molecular complexity index is 901. The van der Waals surface area contributed by atoms with Crippen molar-refractivity contribution in [2.45, 2.75) is 6.92 Å². The molecule has 0 saturated carbocycles. The zero-order chi connectivity index (χ0) is 39.0. The van der Waals surface area contributed by atoms with Crippen LogP contribution in [0.1, 0.15) is 6.92 Å². The zero-order valence-electron chi connectivity index (χ0n) is 35.5. The molecule has 48 heavy (non-hydrogen) atoms. The average molecular weight is 785 g/mol. The van der Waals surface area contributed by atoms with Crippen molar-refractivity contribution in [2.24, 2.45) is 18.1 Å². The van der Waals surface area contributed by atoms with Crippen LogP contribution in [0.15, 0.2) is 18.1 Å². The summed E-state index contributed by atoms with van der Waals surface area (Å²) >= 11 is 0. The summed E-state index contributed by atoms with van der Waals surface area (Å²) in [6.07, 6.45) is 0. The topological polar surface area (TPSA) is 111 Å². The minimum Gasteiger partial charge on any atom is -0.855 e. The van der Waals surface area contributed by atoms with Gasteiger partial charge in [0.2, 0.25) is 30.0 Å². The van der Waals surface area contributed by atoms with Gasteiger partial charge in [0.05, 0.1) is 0 Å². The van der Waals surface area contributed by atoms with Gasteiger partial charge in [-0.25, -0.2) is 56.0 Å². The van der Waals surface area contributed by atoms with Gasteiger partial charge >= 0.3 is 7.87 Å². The summed E-state index contributed by atoms with van der Waals surface area (Å²) in [5, 5.41) is 8.93. The van der Waals surface area contributed by atoms with Crippen molar-refractivity contribution in [1.29, 1.82) is 0 Å². The zero-order valence-corrected chi connectivity index (χ0v) is 40.0. The summed E-state index contributed by atoms with van der Waals surface area (Å²) in [7, 11) is 36.8. The standard InChI is InChI=1S/C24H72N16P5.C2H5O/c1-29(2)42(30(3)4,31(5)6)25-41(26-43(32(7)8,33(9)10)34(11)12,27-44(35(13)14,36(15)16)37(17)18)28-45(38(19)20,39(21)22)40(23)24;1-2-3/h1-24H3;2H2,1H3/q+1;-1. The van der Waals surface area contributed by atoms with Crippen LogP contribution in [0.25, 0.3) is 0 Å². The second kappa shape index (κ2) is 20.3. The van der Waals surface area contributed by atoms with E-state index in [1.54, 1.807) is 6.92 Å². The van der Waals surface area contributed by atoms with Crippen molar-refractivity contribution in [3.05, 3.63) is 0 Å². The first-order valence-electron chi connectivity index (χ1n) is 15.7. The molecular formula is C26H77N16OP5. The molecular weight excluding hydrogens is 707 g/mol. The van der Waals surface area contributed by atoms with Crippen molar-refractivity contribution >= 4 is 37.9 Å². The number of rotatable bonds is 16. The van der Waals surface area contributed by atoms with Gasteiger partial charge in [-0.05, 0) is 187 Å². The number of hydrogen-bond donors (Lipinski definition) is 0. The molecule has 0 amide bonds. The van der Waals surface area contributed by atoms with Crippen LogP contribution >= 0.6 is 37.9 Å². The summed E-state index contributed by atoms with van der Waals surface area (Å²) in [5.41, 5.74) is 0. The van der Waals surface area contributed by atoms with Crippen LogP contribution in [0, 0.1) is 0 Å². The third-order valence-corrected chi connectivity index (χ3v) is 28.0. The summed E-state index contributed by atoms with van der Waals surface area (Å²) in [4.78, 5) is 0. The normalized spacial score (nSPS) is 14.3. The van der Waals surface area contributed by atoms with Crippen molar-refractivity contribution in [2.75, 3.05) is 176 Å². The van der Waals surface area contributed by atoms with E-state index >= 15 is 0 Å². The van der Waals surface area contributed by atoms with Crippen LogP contribution in [0.4, 0.5) is 0 Å². The largest absolute Gasteiger partial charge is 0.855 e. The lowest BCUT2D eigenvalue weighted by molar-refractivity contribution is -0.361. The molecule has 0 N–H and O–H groups in total. The molecule has 0 heterocycles. The predicted octanol–water partition coefficient (Wildman–Crippen LogP) is 4.55. The van der Waals surface area contributed by atoms with Gasteiger partial charge in [0.15, 0.2) is 0 Å². The molecule has 0 saturated heterocycles. The highest BCUT2D eigenvalue weighted by molar-refractivity contribution is 7.87. The molecule has 0 unspecified atom stereocenters. The van der Waals surface area contributed by atoms with Gasteiger partial charge in [-0.1, -0.05) is 6.92 Å². The molecule has 0 aromatic rings. The van der Waals surface area contributed by atoms with Crippen molar-refractivity contribution in [1.82, 2.24) is 56.0 Å². The first-order chi connectivity index (χ1) is 21.6. The van der Waals surface area contributed by atoms with Gasteiger partial charge in [-0.3, -0.25) is 0 Å². The Balaban J connectivity index is 0. The summed E-state index contributed by atoms with van der Waals surface area (Å²) in [6.45, 7) is 1.57. The first-order valence-corrected chi connectivity index (χ1v) is 23.7. The third-order valence-electron chi connectivity index (χ3n) is 7.40.